The smallest absolute Gasteiger partial charge is 0.262 e. The molecule has 0 saturated heterocycles. The lowest BCUT2D eigenvalue weighted by Gasteiger charge is -2.04. The molecule has 2 aromatic heterocycles. The SMILES string of the molecule is Cc1sc2nc3n(c(=O)c2c1C)CC/C3=C/c1ccccc1F. The van der Waals surface area contributed by atoms with Gasteiger partial charge in [-0.1, -0.05) is 18.2 Å². The molecule has 0 fully saturated rings. The second-order valence-corrected chi connectivity index (χ2v) is 7.00. The van der Waals surface area contributed by atoms with Crippen molar-refractivity contribution in [3.63, 3.8) is 0 Å². The average molecular weight is 326 g/mol. The van der Waals surface area contributed by atoms with Gasteiger partial charge in [-0.2, -0.15) is 0 Å². The Morgan fingerprint density at radius 3 is 2.87 bits per heavy atom. The number of aryl methyl sites for hydroxylation is 2. The van der Waals surface area contributed by atoms with E-state index < -0.39 is 0 Å². The largest absolute Gasteiger partial charge is 0.292 e. The third-order valence-electron chi connectivity index (χ3n) is 4.42. The van der Waals surface area contributed by atoms with Crippen molar-refractivity contribution < 1.29 is 4.39 Å². The molecule has 0 unspecified atom stereocenters. The first-order chi connectivity index (χ1) is 11.1. The lowest BCUT2D eigenvalue weighted by atomic mass is 10.1. The molecule has 1 aliphatic heterocycles. The summed E-state index contributed by atoms with van der Waals surface area (Å²) >= 11 is 1.54. The first-order valence-corrected chi connectivity index (χ1v) is 8.34. The molecular formula is C18H15FN2OS. The Bertz CT molecular complexity index is 1030. The molecule has 116 valence electrons. The maximum atomic E-state index is 13.9. The van der Waals surface area contributed by atoms with E-state index in [2.05, 4.69) is 0 Å². The summed E-state index contributed by atoms with van der Waals surface area (Å²) in [5.41, 5.74) is 2.48. The van der Waals surface area contributed by atoms with Crippen molar-refractivity contribution >= 4 is 33.2 Å². The Balaban J connectivity index is 1.94. The quantitative estimate of drug-likeness (QED) is 0.673. The average Bonchev–Trinajstić information content (AvgIpc) is 3.05. The molecule has 0 bridgehead atoms. The van der Waals surface area contributed by atoms with Gasteiger partial charge in [0, 0.05) is 17.0 Å². The third-order valence-corrected chi connectivity index (χ3v) is 5.52. The molecule has 0 saturated carbocycles. The zero-order chi connectivity index (χ0) is 16.1. The van der Waals surface area contributed by atoms with Crippen molar-refractivity contribution in [3.05, 3.63) is 62.3 Å². The Labute approximate surface area is 136 Å². The molecule has 23 heavy (non-hydrogen) atoms. The van der Waals surface area contributed by atoms with Crippen LogP contribution in [-0.2, 0) is 6.54 Å². The van der Waals surface area contributed by atoms with Gasteiger partial charge in [-0.25, -0.2) is 9.37 Å². The van der Waals surface area contributed by atoms with E-state index in [1.807, 2.05) is 13.8 Å². The van der Waals surface area contributed by atoms with Gasteiger partial charge in [0.25, 0.3) is 5.56 Å². The molecule has 1 aliphatic rings. The third kappa shape index (κ3) is 2.15. The molecule has 3 aromatic rings. The van der Waals surface area contributed by atoms with E-state index in [1.165, 1.54) is 6.07 Å². The summed E-state index contributed by atoms with van der Waals surface area (Å²) in [6.07, 6.45) is 2.51. The van der Waals surface area contributed by atoms with E-state index in [1.54, 1.807) is 40.2 Å². The minimum atomic E-state index is -0.260. The lowest BCUT2D eigenvalue weighted by molar-refractivity contribution is 0.625. The van der Waals surface area contributed by atoms with Crippen LogP contribution in [0.1, 0.15) is 28.2 Å². The first-order valence-electron chi connectivity index (χ1n) is 7.52. The molecule has 5 heteroatoms. The summed E-state index contributed by atoms with van der Waals surface area (Å²) in [6, 6.07) is 6.65. The van der Waals surface area contributed by atoms with Gasteiger partial charge in [0.1, 0.15) is 16.5 Å². The Morgan fingerprint density at radius 1 is 1.30 bits per heavy atom. The van der Waals surface area contributed by atoms with Crippen LogP contribution >= 0.6 is 11.3 Å². The highest BCUT2D eigenvalue weighted by atomic mass is 32.1. The number of hydrogen-bond donors (Lipinski definition) is 0. The van der Waals surface area contributed by atoms with E-state index in [-0.39, 0.29) is 11.4 Å². The summed E-state index contributed by atoms with van der Waals surface area (Å²) in [7, 11) is 0. The minimum Gasteiger partial charge on any atom is -0.292 e. The zero-order valence-corrected chi connectivity index (χ0v) is 13.7. The van der Waals surface area contributed by atoms with E-state index in [0.29, 0.717) is 24.4 Å². The number of benzene rings is 1. The highest BCUT2D eigenvalue weighted by molar-refractivity contribution is 7.18. The molecule has 0 amide bonds. The molecule has 4 rings (SSSR count). The highest BCUT2D eigenvalue weighted by Crippen LogP contribution is 2.32. The van der Waals surface area contributed by atoms with Crippen LogP contribution in [0.3, 0.4) is 0 Å². The maximum absolute atomic E-state index is 13.9. The van der Waals surface area contributed by atoms with Gasteiger partial charge >= 0.3 is 0 Å². The number of rotatable bonds is 1. The molecule has 3 nitrogen and oxygen atoms in total. The Hall–Kier alpha value is -2.27. The first kappa shape index (κ1) is 14.3. The van der Waals surface area contributed by atoms with Crippen LogP contribution in [0.5, 0.6) is 0 Å². The number of nitrogens with zero attached hydrogens (tertiary/aromatic N) is 2. The summed E-state index contributed by atoms with van der Waals surface area (Å²) in [6.45, 7) is 4.58. The van der Waals surface area contributed by atoms with E-state index in [9.17, 15) is 9.18 Å². The van der Waals surface area contributed by atoms with Crippen LogP contribution in [0.2, 0.25) is 0 Å². The summed E-state index contributed by atoms with van der Waals surface area (Å²) in [5.74, 6) is 0.414. The second-order valence-electron chi connectivity index (χ2n) is 5.80. The number of aromatic nitrogens is 2. The van der Waals surface area contributed by atoms with Gasteiger partial charge in [0.05, 0.1) is 5.39 Å². The summed E-state index contributed by atoms with van der Waals surface area (Å²) in [5, 5.41) is 0.725. The van der Waals surface area contributed by atoms with Crippen molar-refractivity contribution in [1.82, 2.24) is 9.55 Å². The van der Waals surface area contributed by atoms with Crippen LogP contribution in [0.25, 0.3) is 21.9 Å². The fourth-order valence-electron chi connectivity index (χ4n) is 3.04. The topological polar surface area (TPSA) is 34.9 Å². The van der Waals surface area contributed by atoms with Gasteiger partial charge in [0.15, 0.2) is 0 Å². The predicted octanol–water partition coefficient (Wildman–Crippen LogP) is 4.16. The van der Waals surface area contributed by atoms with Crippen molar-refractivity contribution in [2.75, 3.05) is 0 Å². The number of hydrogen-bond acceptors (Lipinski definition) is 3. The highest BCUT2D eigenvalue weighted by Gasteiger charge is 2.23. The zero-order valence-electron chi connectivity index (χ0n) is 12.9. The summed E-state index contributed by atoms with van der Waals surface area (Å²) < 4.78 is 15.6. The second kappa shape index (κ2) is 5.13. The number of fused-ring (bicyclic) bond motifs is 2. The normalized spacial score (nSPS) is 15.5. The van der Waals surface area contributed by atoms with Gasteiger partial charge in [-0.3, -0.25) is 9.36 Å². The van der Waals surface area contributed by atoms with Crippen LogP contribution in [0, 0.1) is 19.7 Å². The molecule has 0 spiro atoms. The molecule has 0 atom stereocenters. The van der Waals surface area contributed by atoms with E-state index >= 15 is 0 Å². The molecule has 0 radical (unpaired) electrons. The van der Waals surface area contributed by atoms with Gasteiger partial charge in [-0.05, 0) is 43.5 Å². The minimum absolute atomic E-state index is 0.0174. The maximum Gasteiger partial charge on any atom is 0.262 e. The van der Waals surface area contributed by atoms with Gasteiger partial charge in [0.2, 0.25) is 0 Å². The van der Waals surface area contributed by atoms with Crippen LogP contribution in [0.15, 0.2) is 29.1 Å². The molecule has 1 aromatic carbocycles. The van der Waals surface area contributed by atoms with Crippen LogP contribution in [-0.4, -0.2) is 9.55 Å². The van der Waals surface area contributed by atoms with E-state index in [0.717, 1.165) is 26.2 Å². The standard InChI is InChI=1S/C18H15FN2OS/c1-10-11(2)23-17-15(10)18(22)21-8-7-13(16(21)20-17)9-12-5-3-4-6-14(12)19/h3-6,9H,7-8H2,1-2H3/b13-9-. The van der Waals surface area contributed by atoms with Crippen molar-refractivity contribution in [1.29, 1.82) is 0 Å². The number of thiophene rings is 1. The monoisotopic (exact) mass is 326 g/mol. The van der Waals surface area contributed by atoms with Crippen LogP contribution in [0.4, 0.5) is 4.39 Å². The van der Waals surface area contributed by atoms with Crippen molar-refractivity contribution in [2.45, 2.75) is 26.8 Å². The Kier molecular flexibility index (Phi) is 3.20. The summed E-state index contributed by atoms with van der Waals surface area (Å²) in [4.78, 5) is 19.3. The molecular weight excluding hydrogens is 311 g/mol. The molecule has 0 aliphatic carbocycles. The van der Waals surface area contributed by atoms with Crippen molar-refractivity contribution in [3.8, 4) is 0 Å². The van der Waals surface area contributed by atoms with E-state index in [4.69, 9.17) is 4.98 Å². The Morgan fingerprint density at radius 2 is 2.09 bits per heavy atom. The molecule has 3 heterocycles. The number of allylic oxidation sites excluding steroid dienone is 1. The lowest BCUT2D eigenvalue weighted by Crippen LogP contribution is -2.20. The van der Waals surface area contributed by atoms with Gasteiger partial charge in [-0.15, -0.1) is 11.3 Å². The molecule has 0 N–H and O–H groups in total. The fraction of sp³-hybridized carbons (Fsp3) is 0.222. The van der Waals surface area contributed by atoms with Crippen molar-refractivity contribution in [2.24, 2.45) is 0 Å². The van der Waals surface area contributed by atoms with Crippen LogP contribution < -0.4 is 5.56 Å². The predicted molar refractivity (Wildman–Crippen MR) is 92.2 cm³/mol. The fourth-order valence-corrected chi connectivity index (χ4v) is 4.06. The number of halogens is 1. The van der Waals surface area contributed by atoms with Gasteiger partial charge < -0.3 is 0 Å².